The summed E-state index contributed by atoms with van der Waals surface area (Å²) >= 11 is 4.79. The van der Waals surface area contributed by atoms with Crippen LogP contribution in [0.2, 0.25) is 0 Å². The van der Waals surface area contributed by atoms with Gasteiger partial charge in [-0.15, -0.1) is 0 Å². The smallest absolute Gasteiger partial charge is 0.0232 e. The van der Waals surface area contributed by atoms with Crippen molar-refractivity contribution < 1.29 is 0 Å². The van der Waals surface area contributed by atoms with E-state index in [1.54, 1.807) is 0 Å². The number of nitrogens with two attached hydrogens (primary N) is 1. The quantitative estimate of drug-likeness (QED) is 0.615. The summed E-state index contributed by atoms with van der Waals surface area (Å²) in [4.78, 5) is 0. The highest BCUT2D eigenvalue weighted by atomic mass is 127. The third kappa shape index (κ3) is 5.55. The Morgan fingerprint density at radius 1 is 1.50 bits per heavy atom. The van der Waals surface area contributed by atoms with E-state index in [4.69, 9.17) is 5.73 Å². The maximum atomic E-state index is 5.40. The second-order valence-electron chi connectivity index (χ2n) is 1.66. The van der Waals surface area contributed by atoms with Gasteiger partial charge in [0.15, 0.2) is 0 Å². The maximum Gasteiger partial charge on any atom is 0.0232 e. The van der Waals surface area contributed by atoms with Crippen LogP contribution in [0.5, 0.6) is 0 Å². The van der Waals surface area contributed by atoms with Crippen LogP contribution in [0, 0.1) is 0 Å². The van der Waals surface area contributed by atoms with E-state index in [2.05, 4.69) is 45.2 Å². The third-order valence-electron chi connectivity index (χ3n) is 0.907. The Balaban J connectivity index is 2.86. The van der Waals surface area contributed by atoms with E-state index in [0.717, 1.165) is 6.54 Å². The molecule has 0 aliphatic rings. The number of hydrogen-bond donors (Lipinski definition) is 1. The molecule has 50 valence electrons. The average Bonchev–Trinajstić information content (AvgIpc) is 1.83. The highest BCUT2D eigenvalue weighted by Gasteiger charge is 1.97. The minimum atomic E-state index is 0.697. The van der Waals surface area contributed by atoms with Crippen LogP contribution in [-0.4, -0.2) is 14.9 Å². The molecule has 0 saturated carbocycles. The Hall–Kier alpha value is 1.42. The van der Waals surface area contributed by atoms with Crippen LogP contribution in [0.1, 0.15) is 12.8 Å². The molecule has 0 heterocycles. The Morgan fingerprint density at radius 2 is 2.12 bits per heavy atom. The van der Waals surface area contributed by atoms with Gasteiger partial charge in [0, 0.05) is 10.5 Å². The lowest BCUT2D eigenvalue weighted by Gasteiger charge is -2.02. The van der Waals surface area contributed by atoms with Crippen molar-refractivity contribution >= 4 is 45.2 Å². The van der Waals surface area contributed by atoms with E-state index in [1.165, 1.54) is 17.3 Å². The van der Waals surface area contributed by atoms with Crippen LogP contribution in [0.3, 0.4) is 0 Å². The molecule has 1 atom stereocenters. The van der Waals surface area contributed by atoms with Crippen LogP contribution in [0.4, 0.5) is 0 Å². The number of alkyl halides is 2. The molecule has 0 aromatic carbocycles. The fourth-order valence-corrected chi connectivity index (χ4v) is 1.30. The van der Waals surface area contributed by atoms with E-state index < -0.39 is 0 Å². The maximum absolute atomic E-state index is 5.40. The number of rotatable bonds is 4. The summed E-state index contributed by atoms with van der Waals surface area (Å²) < 4.78 is 1.96. The Bertz CT molecular complexity index is 49.7. The Labute approximate surface area is 78.1 Å². The molecule has 2 N–H and O–H groups in total. The van der Waals surface area contributed by atoms with Crippen molar-refractivity contribution in [2.45, 2.75) is 16.8 Å². The van der Waals surface area contributed by atoms with Crippen molar-refractivity contribution in [3.8, 4) is 0 Å². The highest BCUT2D eigenvalue weighted by molar-refractivity contribution is 14.1. The van der Waals surface area contributed by atoms with Gasteiger partial charge in [-0.25, -0.2) is 0 Å². The highest BCUT2D eigenvalue weighted by Crippen LogP contribution is 2.07. The molecule has 0 fully saturated rings. The molecule has 3 heteroatoms. The summed E-state index contributed by atoms with van der Waals surface area (Å²) in [7, 11) is 0. The first-order chi connectivity index (χ1) is 3.81. The molecular formula is C5H11I2N. The number of halogens is 2. The molecule has 0 spiro atoms. The summed E-state index contributed by atoms with van der Waals surface area (Å²) in [5.41, 5.74) is 5.40. The zero-order chi connectivity index (χ0) is 6.41. The van der Waals surface area contributed by atoms with Gasteiger partial charge in [-0.1, -0.05) is 45.2 Å². The molecule has 1 nitrogen and oxygen atoms in total. The van der Waals surface area contributed by atoms with Gasteiger partial charge in [-0.3, -0.25) is 0 Å². The molecule has 8 heavy (non-hydrogen) atoms. The van der Waals surface area contributed by atoms with Gasteiger partial charge < -0.3 is 5.73 Å². The van der Waals surface area contributed by atoms with Gasteiger partial charge in [0.25, 0.3) is 0 Å². The molecule has 0 bridgehead atoms. The fraction of sp³-hybridized carbons (Fsp3) is 1.00. The monoisotopic (exact) mass is 339 g/mol. The lowest BCUT2D eigenvalue weighted by atomic mass is 10.3. The van der Waals surface area contributed by atoms with Crippen LogP contribution in [-0.2, 0) is 0 Å². The minimum absolute atomic E-state index is 0.697. The SMILES string of the molecule is NCC(I)CCCI. The summed E-state index contributed by atoms with van der Waals surface area (Å²) in [5, 5.41) is 0. The first kappa shape index (κ1) is 9.42. The fourth-order valence-electron chi connectivity index (χ4n) is 0.416. The first-order valence-electron chi connectivity index (χ1n) is 2.71. The third-order valence-corrected chi connectivity index (χ3v) is 2.80. The predicted molar refractivity (Wildman–Crippen MR) is 55.0 cm³/mol. The van der Waals surface area contributed by atoms with Crippen molar-refractivity contribution in [2.24, 2.45) is 5.73 Å². The van der Waals surface area contributed by atoms with Gasteiger partial charge >= 0.3 is 0 Å². The summed E-state index contributed by atoms with van der Waals surface area (Å²) in [6.07, 6.45) is 2.59. The molecule has 0 aromatic rings. The van der Waals surface area contributed by atoms with Crippen LogP contribution in [0.25, 0.3) is 0 Å². The van der Waals surface area contributed by atoms with Gasteiger partial charge in [0.1, 0.15) is 0 Å². The standard InChI is InChI=1S/C5H11I2N/c6-3-1-2-5(7)4-8/h5H,1-4,8H2. The molecule has 1 unspecified atom stereocenters. The van der Waals surface area contributed by atoms with Gasteiger partial charge in [-0.05, 0) is 17.3 Å². The zero-order valence-corrected chi connectivity index (χ0v) is 9.05. The molecule has 0 rings (SSSR count). The van der Waals surface area contributed by atoms with Crippen LogP contribution < -0.4 is 5.73 Å². The van der Waals surface area contributed by atoms with Crippen molar-refractivity contribution in [2.75, 3.05) is 11.0 Å². The van der Waals surface area contributed by atoms with Crippen molar-refractivity contribution in [1.82, 2.24) is 0 Å². The van der Waals surface area contributed by atoms with Crippen LogP contribution >= 0.6 is 45.2 Å². The predicted octanol–water partition coefficient (Wildman–Crippen LogP) is 1.96. The molecular weight excluding hydrogens is 328 g/mol. The van der Waals surface area contributed by atoms with E-state index in [9.17, 15) is 0 Å². The zero-order valence-electron chi connectivity index (χ0n) is 4.74. The van der Waals surface area contributed by atoms with Gasteiger partial charge in [0.05, 0.1) is 0 Å². The van der Waals surface area contributed by atoms with E-state index in [0.29, 0.717) is 3.92 Å². The van der Waals surface area contributed by atoms with Crippen molar-refractivity contribution in [3.63, 3.8) is 0 Å². The molecule has 0 radical (unpaired) electrons. The minimum Gasteiger partial charge on any atom is -0.329 e. The van der Waals surface area contributed by atoms with E-state index in [1.807, 2.05) is 0 Å². The molecule has 0 amide bonds. The van der Waals surface area contributed by atoms with Gasteiger partial charge in [0.2, 0.25) is 0 Å². The second-order valence-corrected chi connectivity index (χ2v) is 4.50. The average molecular weight is 339 g/mol. The molecule has 0 aliphatic carbocycles. The molecule has 0 saturated heterocycles. The van der Waals surface area contributed by atoms with Crippen molar-refractivity contribution in [3.05, 3.63) is 0 Å². The topological polar surface area (TPSA) is 26.0 Å². The summed E-state index contributed by atoms with van der Waals surface area (Å²) in [5.74, 6) is 0. The summed E-state index contributed by atoms with van der Waals surface area (Å²) in [6.45, 7) is 0.831. The summed E-state index contributed by atoms with van der Waals surface area (Å²) in [6, 6.07) is 0. The normalized spacial score (nSPS) is 13.9. The number of hydrogen-bond acceptors (Lipinski definition) is 1. The Morgan fingerprint density at radius 3 is 2.50 bits per heavy atom. The van der Waals surface area contributed by atoms with Crippen LogP contribution in [0.15, 0.2) is 0 Å². The van der Waals surface area contributed by atoms with Crippen molar-refractivity contribution in [1.29, 1.82) is 0 Å². The van der Waals surface area contributed by atoms with E-state index in [-0.39, 0.29) is 0 Å². The lowest BCUT2D eigenvalue weighted by molar-refractivity contribution is 0.776. The molecule has 0 aliphatic heterocycles. The van der Waals surface area contributed by atoms with Gasteiger partial charge in [-0.2, -0.15) is 0 Å². The lowest BCUT2D eigenvalue weighted by Crippen LogP contribution is -2.12. The first-order valence-corrected chi connectivity index (χ1v) is 5.48. The Kier molecular flexibility index (Phi) is 7.70. The second kappa shape index (κ2) is 6.54. The van der Waals surface area contributed by atoms with E-state index >= 15 is 0 Å². The molecule has 0 aromatic heterocycles. The largest absolute Gasteiger partial charge is 0.329 e.